The van der Waals surface area contributed by atoms with Gasteiger partial charge in [-0.25, -0.2) is 34.2 Å². The van der Waals surface area contributed by atoms with Gasteiger partial charge in [0.1, 0.15) is 11.2 Å². The molecular formula is C41H50F3N7O7. The lowest BCUT2D eigenvalue weighted by Crippen LogP contribution is -2.52. The second kappa shape index (κ2) is 16.6. The van der Waals surface area contributed by atoms with E-state index in [9.17, 15) is 37.5 Å². The van der Waals surface area contributed by atoms with Crippen molar-refractivity contribution in [3.05, 3.63) is 64.8 Å². The number of nitrogens with zero attached hydrogens (tertiary/aromatic N) is 6. The molecule has 0 saturated heterocycles. The van der Waals surface area contributed by atoms with Crippen LogP contribution in [0.3, 0.4) is 0 Å². The molecule has 2 N–H and O–H groups in total. The third-order valence-corrected chi connectivity index (χ3v) is 9.60. The predicted octanol–water partition coefficient (Wildman–Crippen LogP) is 9.07. The first-order chi connectivity index (χ1) is 26.9. The van der Waals surface area contributed by atoms with E-state index in [1.54, 1.807) is 72.5 Å². The quantitative estimate of drug-likeness (QED) is 0.175. The highest BCUT2D eigenvalue weighted by molar-refractivity contribution is 5.93. The van der Waals surface area contributed by atoms with Crippen LogP contribution in [0.2, 0.25) is 0 Å². The van der Waals surface area contributed by atoms with Crippen LogP contribution in [0.4, 0.5) is 39.3 Å². The zero-order valence-corrected chi connectivity index (χ0v) is 34.2. The highest BCUT2D eigenvalue weighted by atomic mass is 19.4. The van der Waals surface area contributed by atoms with Crippen molar-refractivity contribution in [1.82, 2.24) is 24.6 Å². The fourth-order valence-electron chi connectivity index (χ4n) is 6.91. The summed E-state index contributed by atoms with van der Waals surface area (Å²) in [5, 5.41) is 18.1. The molecule has 1 aliphatic rings. The van der Waals surface area contributed by atoms with E-state index in [1.807, 2.05) is 19.1 Å². The van der Waals surface area contributed by atoms with Gasteiger partial charge < -0.3 is 19.9 Å². The minimum absolute atomic E-state index is 0.0106. The molecule has 5 rings (SSSR count). The maximum Gasteiger partial charge on any atom is 0.420 e. The third-order valence-electron chi connectivity index (χ3n) is 9.60. The van der Waals surface area contributed by atoms with Crippen molar-refractivity contribution in [2.75, 3.05) is 10.2 Å². The van der Waals surface area contributed by atoms with Crippen molar-refractivity contribution >= 4 is 46.9 Å². The zero-order valence-electron chi connectivity index (χ0n) is 34.2. The Labute approximate surface area is 334 Å². The molecule has 1 fully saturated rings. The molecule has 0 spiro atoms. The molecule has 312 valence electrons. The third kappa shape index (κ3) is 10.4. The van der Waals surface area contributed by atoms with E-state index in [-0.39, 0.29) is 23.8 Å². The second-order valence-corrected chi connectivity index (χ2v) is 16.4. The maximum atomic E-state index is 13.3. The van der Waals surface area contributed by atoms with Gasteiger partial charge in [0.2, 0.25) is 11.9 Å². The number of aromatic nitrogens is 4. The Kier molecular flexibility index (Phi) is 12.4. The minimum Gasteiger partial charge on any atom is -0.465 e. The molecule has 1 saturated carbocycles. The van der Waals surface area contributed by atoms with Crippen LogP contribution < -0.4 is 10.2 Å². The number of alkyl halides is 3. The standard InChI is InChI=1S/C41H50F3N7O7/c1-10-24-17-26(31-21-32(48-49(31)9)46-33(52)20-25-19-28(41(42,43)44)12-11-23(25)2)18-27-22-45-35(47-34(24)27)50(36(53)54)29-13-15-30(16-14-29)51(37(55)57-39(3,4)5)38(56)58-40(6,7)8/h11-12,17-19,21-22,29-30H,10,13-16,20H2,1-9H3,(H,53,54)(H,46,48,52). The van der Waals surface area contributed by atoms with Crippen molar-refractivity contribution in [3.63, 3.8) is 0 Å². The van der Waals surface area contributed by atoms with Crippen molar-refractivity contribution in [2.45, 2.75) is 123 Å². The topological polar surface area (TPSA) is 169 Å². The van der Waals surface area contributed by atoms with Crippen LogP contribution in [0.15, 0.2) is 42.6 Å². The Morgan fingerprint density at radius 2 is 1.50 bits per heavy atom. The van der Waals surface area contributed by atoms with E-state index in [1.165, 1.54) is 6.07 Å². The lowest BCUT2D eigenvalue weighted by molar-refractivity contribution is -0.137. The van der Waals surface area contributed by atoms with Gasteiger partial charge in [0.05, 0.1) is 23.2 Å². The highest BCUT2D eigenvalue weighted by Gasteiger charge is 2.41. The number of aryl methyl sites for hydroxylation is 3. The van der Waals surface area contributed by atoms with Gasteiger partial charge in [0.25, 0.3) is 0 Å². The lowest BCUT2D eigenvalue weighted by Gasteiger charge is -2.38. The number of amides is 4. The summed E-state index contributed by atoms with van der Waals surface area (Å²) in [6, 6.07) is 7.54. The lowest BCUT2D eigenvalue weighted by atomic mass is 9.89. The summed E-state index contributed by atoms with van der Waals surface area (Å²) in [4.78, 5) is 63.5. The number of carboxylic acid groups (broad SMARTS) is 1. The van der Waals surface area contributed by atoms with E-state index < -0.39 is 59.2 Å². The Hall–Kier alpha value is -5.74. The molecule has 0 bridgehead atoms. The highest BCUT2D eigenvalue weighted by Crippen LogP contribution is 2.34. The summed E-state index contributed by atoms with van der Waals surface area (Å²) >= 11 is 0. The normalized spacial score (nSPS) is 16.1. The number of rotatable bonds is 8. The molecule has 0 atom stereocenters. The minimum atomic E-state index is -4.53. The molecule has 58 heavy (non-hydrogen) atoms. The van der Waals surface area contributed by atoms with Gasteiger partial charge in [0.15, 0.2) is 5.82 Å². The maximum absolute atomic E-state index is 13.3. The average Bonchev–Trinajstić information content (AvgIpc) is 3.46. The van der Waals surface area contributed by atoms with Crippen LogP contribution in [0.1, 0.15) is 96.4 Å². The molecular weight excluding hydrogens is 759 g/mol. The first-order valence-corrected chi connectivity index (χ1v) is 19.0. The largest absolute Gasteiger partial charge is 0.465 e. The van der Waals surface area contributed by atoms with Crippen molar-refractivity contribution in [1.29, 1.82) is 0 Å². The number of carbonyl (C=O) groups excluding carboxylic acids is 3. The fourth-order valence-corrected chi connectivity index (χ4v) is 6.91. The number of benzene rings is 2. The molecule has 0 unspecified atom stereocenters. The number of halogens is 3. The number of carbonyl (C=O) groups is 4. The number of ether oxygens (including phenoxy) is 2. The van der Waals surface area contributed by atoms with Crippen molar-refractivity contribution in [3.8, 4) is 11.3 Å². The van der Waals surface area contributed by atoms with Crippen LogP contribution in [0.5, 0.6) is 0 Å². The molecule has 0 aliphatic heterocycles. The van der Waals surface area contributed by atoms with E-state index in [4.69, 9.17) is 14.5 Å². The Balaban J connectivity index is 1.35. The average molecular weight is 810 g/mol. The summed E-state index contributed by atoms with van der Waals surface area (Å²) in [6.07, 6.45) is -4.45. The Morgan fingerprint density at radius 1 is 0.897 bits per heavy atom. The summed E-state index contributed by atoms with van der Waals surface area (Å²) in [5.41, 5.74) is 0.939. The first-order valence-electron chi connectivity index (χ1n) is 19.0. The fraction of sp³-hybridized carbons (Fsp3) is 0.488. The van der Waals surface area contributed by atoms with Crippen LogP contribution in [-0.4, -0.2) is 77.2 Å². The number of fused-ring (bicyclic) bond motifs is 1. The van der Waals surface area contributed by atoms with Gasteiger partial charge in [-0.2, -0.15) is 18.3 Å². The molecule has 17 heteroatoms. The molecule has 2 aromatic heterocycles. The molecule has 2 aromatic carbocycles. The van der Waals surface area contributed by atoms with Crippen LogP contribution in [-0.2, 0) is 40.3 Å². The molecule has 4 aromatic rings. The van der Waals surface area contributed by atoms with Crippen molar-refractivity contribution < 1.29 is 46.9 Å². The number of anilines is 2. The number of imide groups is 1. The van der Waals surface area contributed by atoms with Crippen LogP contribution in [0, 0.1) is 6.92 Å². The predicted molar refractivity (Wildman–Crippen MR) is 210 cm³/mol. The number of hydrogen-bond acceptors (Lipinski definition) is 9. The molecule has 0 radical (unpaired) electrons. The summed E-state index contributed by atoms with van der Waals surface area (Å²) in [5.74, 6) is -0.326. The van der Waals surface area contributed by atoms with Gasteiger partial charge in [-0.1, -0.05) is 13.0 Å². The van der Waals surface area contributed by atoms with Gasteiger partial charge >= 0.3 is 24.5 Å². The molecule has 4 amide bonds. The molecule has 1 aliphatic carbocycles. The van der Waals surface area contributed by atoms with Crippen LogP contribution >= 0.6 is 0 Å². The number of nitrogens with one attached hydrogen (secondary N) is 1. The Morgan fingerprint density at radius 3 is 2.05 bits per heavy atom. The SMILES string of the molecule is CCc1cc(-c2cc(NC(=O)Cc3cc(C(F)(F)F)ccc3C)nn2C)cc2cnc(N(C(=O)O)C3CCC(N(C(=O)OC(C)(C)C)C(=O)OC(C)(C)C)CC3)nc12. The van der Waals surface area contributed by atoms with E-state index in [2.05, 4.69) is 15.4 Å². The van der Waals surface area contributed by atoms with E-state index in [0.29, 0.717) is 54.3 Å². The van der Waals surface area contributed by atoms with E-state index in [0.717, 1.165) is 33.1 Å². The van der Waals surface area contributed by atoms with Gasteiger partial charge in [-0.15, -0.1) is 0 Å². The van der Waals surface area contributed by atoms with Gasteiger partial charge in [-0.3, -0.25) is 9.48 Å². The van der Waals surface area contributed by atoms with Gasteiger partial charge in [-0.05, 0) is 122 Å². The Bertz CT molecular complexity index is 2170. The van der Waals surface area contributed by atoms with Crippen LogP contribution in [0.25, 0.3) is 22.2 Å². The zero-order chi connectivity index (χ0) is 42.9. The smallest absolute Gasteiger partial charge is 0.420 e. The summed E-state index contributed by atoms with van der Waals surface area (Å²) < 4.78 is 52.5. The first kappa shape index (κ1) is 43.4. The summed E-state index contributed by atoms with van der Waals surface area (Å²) in [7, 11) is 1.69. The molecule has 14 nitrogen and oxygen atoms in total. The van der Waals surface area contributed by atoms with E-state index >= 15 is 0 Å². The van der Waals surface area contributed by atoms with Crippen molar-refractivity contribution in [2.24, 2.45) is 7.05 Å². The summed E-state index contributed by atoms with van der Waals surface area (Å²) in [6.45, 7) is 13.8. The molecule has 2 heterocycles. The second-order valence-electron chi connectivity index (χ2n) is 16.4. The monoisotopic (exact) mass is 809 g/mol. The van der Waals surface area contributed by atoms with Gasteiger partial charge in [0, 0.05) is 42.3 Å². The number of hydrogen-bond donors (Lipinski definition) is 2.